The third-order valence-corrected chi connectivity index (χ3v) is 8.85. The standard InChI is InChI=1S/C24H18N2O10S2/c27-21-17-15-11-12-16(18(17)22(28)25(21)35-37(31,32)13-7-3-1-4-8-13)20-19(15)23(29)26(24(20)30)36-38(33,34)14-9-5-2-6-10-14/h1-12,15-16,27-30H. The maximum atomic E-state index is 12.7. The highest BCUT2D eigenvalue weighted by molar-refractivity contribution is 7.87. The lowest BCUT2D eigenvalue weighted by molar-refractivity contribution is 0.199. The van der Waals surface area contributed by atoms with Gasteiger partial charge < -0.3 is 20.4 Å². The minimum absolute atomic E-state index is 0.00382. The molecule has 3 aliphatic carbocycles. The van der Waals surface area contributed by atoms with Crippen molar-refractivity contribution < 1.29 is 45.8 Å². The van der Waals surface area contributed by atoms with Gasteiger partial charge in [0.15, 0.2) is 0 Å². The van der Waals surface area contributed by atoms with Crippen molar-refractivity contribution in [3.63, 3.8) is 0 Å². The molecule has 2 aromatic heterocycles. The minimum Gasteiger partial charge on any atom is -0.492 e. The van der Waals surface area contributed by atoms with Gasteiger partial charge >= 0.3 is 20.2 Å². The Bertz CT molecular complexity index is 1650. The first-order valence-corrected chi connectivity index (χ1v) is 13.9. The first kappa shape index (κ1) is 23.8. The van der Waals surface area contributed by atoms with E-state index in [0.29, 0.717) is 9.46 Å². The van der Waals surface area contributed by atoms with Crippen LogP contribution in [0.2, 0.25) is 0 Å². The Hall–Kier alpha value is -4.56. The van der Waals surface area contributed by atoms with Crippen molar-refractivity contribution in [2.75, 3.05) is 0 Å². The van der Waals surface area contributed by atoms with Crippen LogP contribution in [0.1, 0.15) is 34.1 Å². The van der Waals surface area contributed by atoms with Crippen molar-refractivity contribution in [1.82, 2.24) is 9.46 Å². The average molecular weight is 559 g/mol. The zero-order valence-corrected chi connectivity index (χ0v) is 20.7. The SMILES string of the molecule is O=S(=O)(On1c(O)c2c(c1O)C1C=CC2c2c1c(O)n(OS(=O)(=O)c1ccccc1)c2O)c1ccccc1. The van der Waals surface area contributed by atoms with Crippen LogP contribution in [0.4, 0.5) is 0 Å². The molecular formula is C24H18N2O10S2. The van der Waals surface area contributed by atoms with Gasteiger partial charge in [0.2, 0.25) is 23.5 Å². The molecule has 0 radical (unpaired) electrons. The van der Waals surface area contributed by atoms with Crippen LogP contribution in [-0.2, 0) is 20.2 Å². The third kappa shape index (κ3) is 3.27. The molecule has 3 aliphatic rings. The fourth-order valence-electron chi connectivity index (χ4n) is 4.84. The van der Waals surface area contributed by atoms with E-state index >= 15 is 0 Å². The summed E-state index contributed by atoms with van der Waals surface area (Å²) in [7, 11) is -8.93. The first-order valence-electron chi connectivity index (χ1n) is 11.0. The number of hydrogen-bond donors (Lipinski definition) is 4. The zero-order chi connectivity index (χ0) is 27.0. The molecule has 0 atom stereocenters. The lowest BCUT2D eigenvalue weighted by Crippen LogP contribution is -2.20. The van der Waals surface area contributed by atoms with E-state index in [1.54, 1.807) is 24.3 Å². The quantitative estimate of drug-likeness (QED) is 0.256. The largest absolute Gasteiger partial charge is 0.492 e. The Kier molecular flexibility index (Phi) is 4.99. The van der Waals surface area contributed by atoms with Crippen molar-refractivity contribution in [3.05, 3.63) is 95.1 Å². The van der Waals surface area contributed by atoms with Crippen LogP contribution < -0.4 is 8.57 Å². The van der Waals surface area contributed by atoms with Crippen LogP contribution in [0, 0.1) is 0 Å². The smallest absolute Gasteiger partial charge is 0.357 e. The number of benzene rings is 2. The summed E-state index contributed by atoms with van der Waals surface area (Å²) >= 11 is 0. The van der Waals surface area contributed by atoms with E-state index in [0.717, 1.165) is 0 Å². The maximum Gasteiger partial charge on any atom is 0.357 e. The van der Waals surface area contributed by atoms with Crippen LogP contribution in [0.25, 0.3) is 0 Å². The molecule has 2 heterocycles. The van der Waals surface area contributed by atoms with E-state index in [9.17, 15) is 37.3 Å². The van der Waals surface area contributed by atoms with Gasteiger partial charge in [-0.2, -0.15) is 16.8 Å². The Morgan fingerprint density at radius 3 is 1.11 bits per heavy atom. The number of allylic oxidation sites excluding steroid dienone is 2. The van der Waals surface area contributed by atoms with Gasteiger partial charge in [0.25, 0.3) is 0 Å². The van der Waals surface area contributed by atoms with Gasteiger partial charge in [-0.25, -0.2) is 0 Å². The van der Waals surface area contributed by atoms with Crippen LogP contribution in [0.15, 0.2) is 82.6 Å². The van der Waals surface area contributed by atoms with E-state index < -0.39 is 55.6 Å². The second-order valence-electron chi connectivity index (χ2n) is 8.56. The molecule has 0 saturated heterocycles. The molecule has 4 N–H and O–H groups in total. The maximum absolute atomic E-state index is 12.7. The molecule has 0 fully saturated rings. The van der Waals surface area contributed by atoms with Gasteiger partial charge in [-0.05, 0) is 24.3 Å². The molecule has 38 heavy (non-hydrogen) atoms. The van der Waals surface area contributed by atoms with Crippen LogP contribution in [-0.4, -0.2) is 46.7 Å². The monoisotopic (exact) mass is 558 g/mol. The lowest BCUT2D eigenvalue weighted by Gasteiger charge is -2.30. The van der Waals surface area contributed by atoms with Crippen LogP contribution >= 0.6 is 0 Å². The summed E-state index contributed by atoms with van der Waals surface area (Å²) in [5.41, 5.74) is 0.0153. The highest BCUT2D eigenvalue weighted by atomic mass is 32.2. The molecule has 196 valence electrons. The van der Waals surface area contributed by atoms with Crippen molar-refractivity contribution in [2.45, 2.75) is 21.6 Å². The summed E-state index contributed by atoms with van der Waals surface area (Å²) in [6.45, 7) is 0. The highest BCUT2D eigenvalue weighted by Crippen LogP contribution is 2.60. The lowest BCUT2D eigenvalue weighted by atomic mass is 9.70. The predicted octanol–water partition coefficient (Wildman–Crippen LogP) is 1.89. The van der Waals surface area contributed by atoms with Gasteiger partial charge in [0, 0.05) is 34.1 Å². The molecule has 2 aromatic carbocycles. The molecule has 7 rings (SSSR count). The molecule has 2 bridgehead atoms. The number of hydrogen-bond acceptors (Lipinski definition) is 10. The van der Waals surface area contributed by atoms with Gasteiger partial charge in [-0.3, -0.25) is 8.57 Å². The number of aromatic hydroxyl groups is 4. The average Bonchev–Trinajstić information content (AvgIpc) is 3.32. The molecular weight excluding hydrogens is 540 g/mol. The molecule has 0 saturated carbocycles. The topological polar surface area (TPSA) is 178 Å². The fraction of sp³-hybridized carbons (Fsp3) is 0.0833. The Labute approximate surface area is 215 Å². The van der Waals surface area contributed by atoms with E-state index in [4.69, 9.17) is 8.57 Å². The predicted molar refractivity (Wildman–Crippen MR) is 129 cm³/mol. The summed E-state index contributed by atoms with van der Waals surface area (Å²) in [4.78, 5) is -0.451. The third-order valence-electron chi connectivity index (χ3n) is 6.46. The van der Waals surface area contributed by atoms with Gasteiger partial charge in [-0.15, -0.1) is 0 Å². The van der Waals surface area contributed by atoms with Crippen molar-refractivity contribution in [2.24, 2.45) is 0 Å². The normalized spacial score (nSPS) is 17.7. The Balaban J connectivity index is 1.43. The van der Waals surface area contributed by atoms with Crippen LogP contribution in [0.3, 0.4) is 0 Å². The van der Waals surface area contributed by atoms with Gasteiger partial charge in [-0.1, -0.05) is 58.0 Å². The van der Waals surface area contributed by atoms with Crippen molar-refractivity contribution in [3.8, 4) is 23.5 Å². The summed E-state index contributed by atoms with van der Waals surface area (Å²) in [5, 5.41) is 43.7. The molecule has 12 nitrogen and oxygen atoms in total. The molecule has 0 aliphatic heterocycles. The van der Waals surface area contributed by atoms with Gasteiger partial charge in [0.05, 0.1) is 0 Å². The van der Waals surface area contributed by atoms with E-state index in [1.807, 2.05) is 0 Å². The summed E-state index contributed by atoms with van der Waals surface area (Å²) in [6, 6.07) is 14.2. The van der Waals surface area contributed by atoms with E-state index in [-0.39, 0.29) is 32.0 Å². The van der Waals surface area contributed by atoms with E-state index in [2.05, 4.69) is 0 Å². The Morgan fingerprint density at radius 2 is 0.816 bits per heavy atom. The Morgan fingerprint density at radius 1 is 0.526 bits per heavy atom. The molecule has 0 unspecified atom stereocenters. The molecule has 0 spiro atoms. The minimum atomic E-state index is -4.46. The number of aromatic nitrogens is 2. The molecule has 4 aromatic rings. The van der Waals surface area contributed by atoms with Crippen molar-refractivity contribution in [1.29, 1.82) is 0 Å². The van der Waals surface area contributed by atoms with Crippen LogP contribution in [0.5, 0.6) is 23.5 Å². The highest BCUT2D eigenvalue weighted by Gasteiger charge is 2.48. The molecule has 14 heteroatoms. The molecule has 0 amide bonds. The summed E-state index contributed by atoms with van der Waals surface area (Å²) in [6.07, 6.45) is 3.08. The zero-order valence-electron chi connectivity index (χ0n) is 19.0. The second-order valence-corrected chi connectivity index (χ2v) is 11.6. The van der Waals surface area contributed by atoms with E-state index in [1.165, 1.54) is 48.5 Å². The number of rotatable bonds is 6. The summed E-state index contributed by atoms with van der Waals surface area (Å²) < 4.78 is 61.7. The first-order chi connectivity index (χ1) is 18.0. The second kappa shape index (κ2) is 7.97. The number of nitrogens with zero attached hydrogens (tertiary/aromatic N) is 2. The van der Waals surface area contributed by atoms with Crippen molar-refractivity contribution >= 4 is 20.2 Å². The summed E-state index contributed by atoms with van der Waals surface area (Å²) in [5.74, 6) is -5.07. The van der Waals surface area contributed by atoms with Gasteiger partial charge in [0.1, 0.15) is 9.79 Å². The fourth-order valence-corrected chi connectivity index (χ4v) is 6.67.